The Bertz CT molecular complexity index is 255. The van der Waals surface area contributed by atoms with E-state index in [0.717, 1.165) is 18.4 Å². The van der Waals surface area contributed by atoms with E-state index in [1.807, 2.05) is 13.0 Å². The molecule has 0 atom stereocenters. The second-order valence-corrected chi connectivity index (χ2v) is 3.66. The highest BCUT2D eigenvalue weighted by molar-refractivity contribution is 6.25. The van der Waals surface area contributed by atoms with Crippen LogP contribution in [-0.2, 0) is 9.59 Å². The monoisotopic (exact) mass is 194 g/mol. The van der Waals surface area contributed by atoms with Gasteiger partial charge in [-0.05, 0) is 33.6 Å². The average Bonchev–Trinajstić information content (AvgIpc) is 2.13. The Kier molecular flexibility index (Phi) is 6.63. The van der Waals surface area contributed by atoms with Gasteiger partial charge in [0.15, 0.2) is 12.1 Å². The molecule has 0 saturated heterocycles. The number of carbonyl (C=O) groups is 2. The molecular weight excluding hydrogens is 176 g/mol. The quantitative estimate of drug-likeness (QED) is 0.370. The van der Waals surface area contributed by atoms with Crippen LogP contribution in [0.2, 0.25) is 0 Å². The summed E-state index contributed by atoms with van der Waals surface area (Å²) in [4.78, 5) is 20.7. The maximum atomic E-state index is 10.7. The summed E-state index contributed by atoms with van der Waals surface area (Å²) < 4.78 is 0. The van der Waals surface area contributed by atoms with Gasteiger partial charge in [-0.2, -0.15) is 0 Å². The fourth-order valence-corrected chi connectivity index (χ4v) is 1.01. The molecule has 0 amide bonds. The van der Waals surface area contributed by atoms with Crippen LogP contribution in [0.5, 0.6) is 0 Å². The van der Waals surface area contributed by atoms with Gasteiger partial charge < -0.3 is 0 Å². The van der Waals surface area contributed by atoms with Crippen molar-refractivity contribution in [1.29, 1.82) is 0 Å². The van der Waals surface area contributed by atoms with E-state index in [-0.39, 0.29) is 12.2 Å². The zero-order chi connectivity index (χ0) is 11.0. The molecular formula is C12H18O2. The molecule has 0 aromatic rings. The molecule has 0 fully saturated rings. The summed E-state index contributed by atoms with van der Waals surface area (Å²) in [6.07, 6.45) is 6.57. The third kappa shape index (κ3) is 7.47. The van der Waals surface area contributed by atoms with E-state index in [1.165, 1.54) is 5.57 Å². The molecule has 0 aliphatic heterocycles. The van der Waals surface area contributed by atoms with E-state index < -0.39 is 0 Å². The third-order valence-electron chi connectivity index (χ3n) is 1.87. The number of Topliss-reactive ketones (excluding diaryl/α,β-unsaturated/α-hetero) is 1. The van der Waals surface area contributed by atoms with Gasteiger partial charge in [-0.25, -0.2) is 0 Å². The van der Waals surface area contributed by atoms with Crippen molar-refractivity contribution in [3.63, 3.8) is 0 Å². The number of rotatable bonds is 6. The molecule has 0 rings (SSSR count). The Balaban J connectivity index is 3.83. The van der Waals surface area contributed by atoms with Crippen LogP contribution in [0.25, 0.3) is 0 Å². The van der Waals surface area contributed by atoms with Crippen molar-refractivity contribution in [3.05, 3.63) is 23.3 Å². The molecule has 2 nitrogen and oxygen atoms in total. The molecule has 14 heavy (non-hydrogen) atoms. The number of carbonyl (C=O) groups excluding carboxylic acids is 2. The predicted molar refractivity (Wildman–Crippen MR) is 58.1 cm³/mol. The van der Waals surface area contributed by atoms with E-state index >= 15 is 0 Å². The molecule has 0 N–H and O–H groups in total. The summed E-state index contributed by atoms with van der Waals surface area (Å²) in [7, 11) is 0. The first-order valence-corrected chi connectivity index (χ1v) is 4.83. The summed E-state index contributed by atoms with van der Waals surface area (Å²) in [5, 5.41) is 0. The first-order chi connectivity index (χ1) is 6.56. The van der Waals surface area contributed by atoms with Crippen molar-refractivity contribution in [2.75, 3.05) is 0 Å². The van der Waals surface area contributed by atoms with Crippen LogP contribution in [0.15, 0.2) is 23.3 Å². The summed E-state index contributed by atoms with van der Waals surface area (Å²) in [5.41, 5.74) is 2.47. The maximum Gasteiger partial charge on any atom is 0.198 e. The molecule has 0 unspecified atom stereocenters. The first-order valence-electron chi connectivity index (χ1n) is 4.83. The molecule has 0 radical (unpaired) electrons. The molecule has 78 valence electrons. The van der Waals surface area contributed by atoms with Crippen LogP contribution < -0.4 is 0 Å². The van der Waals surface area contributed by atoms with Crippen LogP contribution in [-0.4, -0.2) is 12.1 Å². The van der Waals surface area contributed by atoms with Crippen molar-refractivity contribution in [3.8, 4) is 0 Å². The predicted octanol–water partition coefficient (Wildman–Crippen LogP) is 2.84. The Morgan fingerprint density at radius 3 is 2.29 bits per heavy atom. The zero-order valence-corrected chi connectivity index (χ0v) is 9.17. The van der Waals surface area contributed by atoms with Crippen molar-refractivity contribution in [1.82, 2.24) is 0 Å². The van der Waals surface area contributed by atoms with Gasteiger partial charge in [0.2, 0.25) is 0 Å². The van der Waals surface area contributed by atoms with E-state index in [2.05, 4.69) is 19.9 Å². The van der Waals surface area contributed by atoms with Crippen molar-refractivity contribution in [2.24, 2.45) is 0 Å². The minimum absolute atomic E-state index is 0.240. The fourth-order valence-electron chi connectivity index (χ4n) is 1.01. The molecule has 0 aromatic heterocycles. The van der Waals surface area contributed by atoms with Crippen LogP contribution in [0.3, 0.4) is 0 Å². The lowest BCUT2D eigenvalue weighted by molar-refractivity contribution is -0.129. The molecule has 0 aromatic carbocycles. The first kappa shape index (κ1) is 12.8. The van der Waals surface area contributed by atoms with E-state index in [9.17, 15) is 9.59 Å². The van der Waals surface area contributed by atoms with Crippen molar-refractivity contribution >= 4 is 12.1 Å². The highest BCUT2D eigenvalue weighted by Gasteiger charge is 1.95. The lowest BCUT2D eigenvalue weighted by Gasteiger charge is -1.97. The Labute approximate surface area is 85.7 Å². The largest absolute Gasteiger partial charge is 0.295 e. The summed E-state index contributed by atoms with van der Waals surface area (Å²) in [6.45, 7) is 6.11. The molecule has 2 heteroatoms. The molecule has 0 heterocycles. The normalized spacial score (nSPS) is 10.9. The topological polar surface area (TPSA) is 34.1 Å². The lowest BCUT2D eigenvalue weighted by atomic mass is 10.1. The highest BCUT2D eigenvalue weighted by atomic mass is 16.2. The second kappa shape index (κ2) is 7.25. The molecule has 0 aliphatic carbocycles. The average molecular weight is 194 g/mol. The third-order valence-corrected chi connectivity index (χ3v) is 1.87. The summed E-state index contributed by atoms with van der Waals surface area (Å²) in [6, 6.07) is 0. The van der Waals surface area contributed by atoms with Crippen LogP contribution in [0.1, 0.15) is 40.0 Å². The van der Waals surface area contributed by atoms with Gasteiger partial charge in [-0.15, -0.1) is 0 Å². The van der Waals surface area contributed by atoms with E-state index in [4.69, 9.17) is 0 Å². The van der Waals surface area contributed by atoms with Gasteiger partial charge in [0, 0.05) is 6.42 Å². The standard InChI is InChI=1S/C12H18O2/c1-10(2)5-4-6-11(3)7-8-12(14)9-13/h5,7,9H,4,6,8H2,1-3H3/b11-7+. The van der Waals surface area contributed by atoms with Gasteiger partial charge in [0.25, 0.3) is 0 Å². The van der Waals surface area contributed by atoms with Crippen molar-refractivity contribution < 1.29 is 9.59 Å². The Morgan fingerprint density at radius 2 is 1.79 bits per heavy atom. The number of hydrogen-bond acceptors (Lipinski definition) is 2. The Hall–Kier alpha value is -1.18. The molecule has 0 spiro atoms. The second-order valence-electron chi connectivity index (χ2n) is 3.66. The number of ketones is 1. The fraction of sp³-hybridized carbons (Fsp3) is 0.500. The molecule has 0 bridgehead atoms. The van der Waals surface area contributed by atoms with Crippen molar-refractivity contribution in [2.45, 2.75) is 40.0 Å². The lowest BCUT2D eigenvalue weighted by Crippen LogP contribution is -1.95. The highest BCUT2D eigenvalue weighted by Crippen LogP contribution is 2.07. The minimum Gasteiger partial charge on any atom is -0.295 e. The van der Waals surface area contributed by atoms with E-state index in [1.54, 1.807) is 0 Å². The summed E-state index contributed by atoms with van der Waals surface area (Å²) in [5.74, 6) is -0.355. The van der Waals surface area contributed by atoms with E-state index in [0.29, 0.717) is 6.29 Å². The number of aldehydes is 1. The van der Waals surface area contributed by atoms with Gasteiger partial charge in [0.1, 0.15) is 0 Å². The van der Waals surface area contributed by atoms with Crippen LogP contribution >= 0.6 is 0 Å². The van der Waals surface area contributed by atoms with Crippen LogP contribution in [0.4, 0.5) is 0 Å². The van der Waals surface area contributed by atoms with Gasteiger partial charge in [-0.3, -0.25) is 9.59 Å². The molecule has 0 saturated carbocycles. The smallest absolute Gasteiger partial charge is 0.198 e. The number of hydrogen-bond donors (Lipinski definition) is 0. The Morgan fingerprint density at radius 1 is 1.14 bits per heavy atom. The molecule has 0 aliphatic rings. The van der Waals surface area contributed by atoms with Gasteiger partial charge in [0.05, 0.1) is 0 Å². The van der Waals surface area contributed by atoms with Crippen LogP contribution in [0, 0.1) is 0 Å². The van der Waals surface area contributed by atoms with Gasteiger partial charge >= 0.3 is 0 Å². The summed E-state index contributed by atoms with van der Waals surface area (Å²) >= 11 is 0. The minimum atomic E-state index is -0.355. The zero-order valence-electron chi connectivity index (χ0n) is 9.17. The maximum absolute atomic E-state index is 10.7. The van der Waals surface area contributed by atoms with Gasteiger partial charge in [-0.1, -0.05) is 23.3 Å². The SMILES string of the molecule is CC(C)=CCC/C(C)=C/CC(=O)C=O. The number of allylic oxidation sites excluding steroid dienone is 4.